The van der Waals surface area contributed by atoms with E-state index in [1.165, 1.54) is 0 Å². The Bertz CT molecular complexity index is 680. The lowest BCUT2D eigenvalue weighted by atomic mass is 9.99. The fourth-order valence-electron chi connectivity index (χ4n) is 3.32. The van der Waals surface area contributed by atoms with Crippen molar-refractivity contribution in [3.63, 3.8) is 0 Å². The second kappa shape index (κ2) is 8.88. The predicted octanol–water partition coefficient (Wildman–Crippen LogP) is 1.99. The molecular weight excluding hydrogens is 348 g/mol. The number of hydrogen-bond donors (Lipinski definition) is 0. The maximum Gasteiger partial charge on any atom is 0.344 e. The smallest absolute Gasteiger partial charge is 0.344 e. The van der Waals surface area contributed by atoms with E-state index in [4.69, 9.17) is 9.47 Å². The van der Waals surface area contributed by atoms with Crippen LogP contribution in [0, 0.1) is 5.92 Å². The number of carbonyl (C=O) groups excluding carboxylic acids is 3. The maximum atomic E-state index is 12.0. The van der Waals surface area contributed by atoms with Gasteiger partial charge in [0, 0.05) is 31.7 Å². The largest absolute Gasteiger partial charge is 0.482 e. The van der Waals surface area contributed by atoms with E-state index in [0.717, 1.165) is 44.6 Å². The Morgan fingerprint density at radius 2 is 1.78 bits per heavy atom. The van der Waals surface area contributed by atoms with Gasteiger partial charge in [-0.3, -0.25) is 9.59 Å². The minimum absolute atomic E-state index is 0.125. The molecule has 2 fully saturated rings. The van der Waals surface area contributed by atoms with Crippen LogP contribution in [0.15, 0.2) is 24.3 Å². The van der Waals surface area contributed by atoms with Gasteiger partial charge in [-0.05, 0) is 49.4 Å². The summed E-state index contributed by atoms with van der Waals surface area (Å²) in [6, 6.07) is 7.03. The SMILES string of the molecule is CC1CCN(C(=O)COC(=O)COc2ccc(N3CCCC3=O)cc2)CC1. The molecule has 2 amide bonds. The van der Waals surface area contributed by atoms with Gasteiger partial charge < -0.3 is 19.3 Å². The molecule has 0 spiro atoms. The number of anilines is 1. The maximum absolute atomic E-state index is 12.0. The minimum atomic E-state index is -0.576. The number of nitrogens with zero attached hydrogens (tertiary/aromatic N) is 2. The molecule has 3 rings (SSSR count). The van der Waals surface area contributed by atoms with E-state index in [1.807, 2.05) is 0 Å². The number of carbonyl (C=O) groups is 3. The van der Waals surface area contributed by atoms with Crippen LogP contribution < -0.4 is 9.64 Å². The van der Waals surface area contributed by atoms with Gasteiger partial charge in [0.1, 0.15) is 5.75 Å². The van der Waals surface area contributed by atoms with Crippen molar-refractivity contribution in [1.82, 2.24) is 4.90 Å². The topological polar surface area (TPSA) is 76.2 Å². The average molecular weight is 374 g/mol. The Kier molecular flexibility index (Phi) is 6.32. The molecule has 7 heteroatoms. The molecule has 0 bridgehead atoms. The Balaban J connectivity index is 1.38. The van der Waals surface area contributed by atoms with Crippen molar-refractivity contribution in [2.45, 2.75) is 32.6 Å². The Hall–Kier alpha value is -2.57. The van der Waals surface area contributed by atoms with Crippen LogP contribution in [0.3, 0.4) is 0 Å². The summed E-state index contributed by atoms with van der Waals surface area (Å²) in [6.45, 7) is 3.85. The average Bonchev–Trinajstić information content (AvgIpc) is 3.11. The van der Waals surface area contributed by atoms with Crippen molar-refractivity contribution in [3.8, 4) is 5.75 Å². The van der Waals surface area contributed by atoms with E-state index in [2.05, 4.69) is 6.92 Å². The number of esters is 1. The molecule has 0 unspecified atom stereocenters. The standard InChI is InChI=1S/C20H26N2O5/c1-15-8-11-21(12-9-15)19(24)13-27-20(25)14-26-17-6-4-16(5-7-17)22-10-2-3-18(22)23/h4-7,15H,2-3,8-14H2,1H3. The molecule has 0 aromatic heterocycles. The van der Waals surface area contributed by atoms with E-state index < -0.39 is 5.97 Å². The van der Waals surface area contributed by atoms with Gasteiger partial charge in [-0.25, -0.2) is 4.79 Å². The zero-order chi connectivity index (χ0) is 19.2. The fraction of sp³-hybridized carbons (Fsp3) is 0.550. The molecule has 146 valence electrons. The zero-order valence-electron chi connectivity index (χ0n) is 15.7. The van der Waals surface area contributed by atoms with Crippen LogP contribution in [-0.4, -0.2) is 55.5 Å². The number of amides is 2. The Labute approximate surface area is 159 Å². The van der Waals surface area contributed by atoms with E-state index in [1.54, 1.807) is 34.1 Å². The molecule has 2 aliphatic rings. The van der Waals surface area contributed by atoms with Gasteiger partial charge in [-0.1, -0.05) is 6.92 Å². The summed E-state index contributed by atoms with van der Waals surface area (Å²) < 4.78 is 10.4. The minimum Gasteiger partial charge on any atom is -0.482 e. The van der Waals surface area contributed by atoms with E-state index in [-0.39, 0.29) is 25.0 Å². The summed E-state index contributed by atoms with van der Waals surface area (Å²) >= 11 is 0. The second-order valence-corrected chi connectivity index (χ2v) is 7.16. The first kappa shape index (κ1) is 19.2. The zero-order valence-corrected chi connectivity index (χ0v) is 15.7. The van der Waals surface area contributed by atoms with E-state index >= 15 is 0 Å². The van der Waals surface area contributed by atoms with Crippen LogP contribution >= 0.6 is 0 Å². The quantitative estimate of drug-likeness (QED) is 0.712. The van der Waals surface area contributed by atoms with Crippen molar-refractivity contribution in [2.75, 3.05) is 37.7 Å². The summed E-state index contributed by atoms with van der Waals surface area (Å²) in [6.07, 6.45) is 3.43. The van der Waals surface area contributed by atoms with Crippen molar-refractivity contribution in [1.29, 1.82) is 0 Å². The molecule has 2 saturated heterocycles. The highest BCUT2D eigenvalue weighted by atomic mass is 16.6. The van der Waals surface area contributed by atoms with Crippen LogP contribution in [0.4, 0.5) is 5.69 Å². The van der Waals surface area contributed by atoms with Crippen LogP contribution in [0.2, 0.25) is 0 Å². The van der Waals surface area contributed by atoms with Gasteiger partial charge in [0.2, 0.25) is 5.91 Å². The molecule has 7 nitrogen and oxygen atoms in total. The Morgan fingerprint density at radius 3 is 2.41 bits per heavy atom. The number of ether oxygens (including phenoxy) is 2. The highest BCUT2D eigenvalue weighted by molar-refractivity contribution is 5.95. The molecule has 0 aliphatic carbocycles. The molecule has 27 heavy (non-hydrogen) atoms. The summed E-state index contributed by atoms with van der Waals surface area (Å²) in [5.41, 5.74) is 0.828. The Morgan fingerprint density at radius 1 is 1.07 bits per heavy atom. The molecule has 2 aliphatic heterocycles. The summed E-state index contributed by atoms with van der Waals surface area (Å²) in [5.74, 6) is 0.543. The molecule has 2 heterocycles. The second-order valence-electron chi connectivity index (χ2n) is 7.16. The number of rotatable bonds is 6. The number of benzene rings is 1. The third-order valence-corrected chi connectivity index (χ3v) is 5.07. The van der Waals surface area contributed by atoms with Gasteiger partial charge >= 0.3 is 5.97 Å². The normalized spacial score (nSPS) is 17.9. The van der Waals surface area contributed by atoms with Crippen molar-refractivity contribution >= 4 is 23.5 Å². The van der Waals surface area contributed by atoms with E-state index in [9.17, 15) is 14.4 Å². The molecule has 0 N–H and O–H groups in total. The van der Waals surface area contributed by atoms with Gasteiger partial charge in [0.05, 0.1) is 0 Å². The first-order valence-corrected chi connectivity index (χ1v) is 9.49. The number of likely N-dealkylation sites (tertiary alicyclic amines) is 1. The first-order chi connectivity index (χ1) is 13.0. The molecule has 0 radical (unpaired) electrons. The van der Waals surface area contributed by atoms with E-state index in [0.29, 0.717) is 18.1 Å². The van der Waals surface area contributed by atoms with Crippen molar-refractivity contribution < 1.29 is 23.9 Å². The first-order valence-electron chi connectivity index (χ1n) is 9.49. The highest BCUT2D eigenvalue weighted by Crippen LogP contribution is 2.23. The fourth-order valence-corrected chi connectivity index (χ4v) is 3.32. The van der Waals surface area contributed by atoms with Gasteiger partial charge in [0.25, 0.3) is 5.91 Å². The van der Waals surface area contributed by atoms with Crippen molar-refractivity contribution in [3.05, 3.63) is 24.3 Å². The number of hydrogen-bond acceptors (Lipinski definition) is 5. The molecule has 0 atom stereocenters. The lowest BCUT2D eigenvalue weighted by molar-refractivity contribution is -0.154. The van der Waals surface area contributed by atoms with Crippen LogP contribution in [0.25, 0.3) is 0 Å². The lowest BCUT2D eigenvalue weighted by Gasteiger charge is -2.30. The van der Waals surface area contributed by atoms with Crippen molar-refractivity contribution in [2.24, 2.45) is 5.92 Å². The van der Waals surface area contributed by atoms with Crippen LogP contribution in [0.1, 0.15) is 32.6 Å². The summed E-state index contributed by atoms with van der Waals surface area (Å²) in [4.78, 5) is 39.1. The summed E-state index contributed by atoms with van der Waals surface area (Å²) in [7, 11) is 0. The predicted molar refractivity (Wildman–Crippen MR) is 99.5 cm³/mol. The monoisotopic (exact) mass is 374 g/mol. The molecule has 1 aromatic carbocycles. The molecular formula is C20H26N2O5. The number of piperidine rings is 1. The van der Waals surface area contributed by atoms with Gasteiger partial charge in [-0.15, -0.1) is 0 Å². The molecule has 0 saturated carbocycles. The third kappa shape index (κ3) is 5.21. The lowest BCUT2D eigenvalue weighted by Crippen LogP contribution is -2.40. The molecule has 1 aromatic rings. The van der Waals surface area contributed by atoms with Gasteiger partial charge in [0.15, 0.2) is 13.2 Å². The van der Waals surface area contributed by atoms with Crippen LogP contribution in [0.5, 0.6) is 5.75 Å². The highest BCUT2D eigenvalue weighted by Gasteiger charge is 2.22. The summed E-state index contributed by atoms with van der Waals surface area (Å²) in [5, 5.41) is 0. The third-order valence-electron chi connectivity index (χ3n) is 5.07. The van der Waals surface area contributed by atoms with Gasteiger partial charge in [-0.2, -0.15) is 0 Å². The van der Waals surface area contributed by atoms with Crippen LogP contribution in [-0.2, 0) is 19.1 Å².